The van der Waals surface area contributed by atoms with Gasteiger partial charge in [0.2, 0.25) is 5.91 Å². The summed E-state index contributed by atoms with van der Waals surface area (Å²) in [5.74, 6) is 1.08. The summed E-state index contributed by atoms with van der Waals surface area (Å²) in [5.41, 5.74) is 0. The Labute approximate surface area is 120 Å². The summed E-state index contributed by atoms with van der Waals surface area (Å²) < 4.78 is 0. The second-order valence-electron chi connectivity index (χ2n) is 4.92. The first-order valence-corrected chi connectivity index (χ1v) is 7.01. The number of carbonyl (C=O) groups excluding carboxylic acids is 1. The predicted octanol–water partition coefficient (Wildman–Crippen LogP) is 0.894. The van der Waals surface area contributed by atoms with Crippen LogP contribution in [0.1, 0.15) is 6.92 Å². The first-order chi connectivity index (χ1) is 9.72. The molecule has 0 aromatic carbocycles. The van der Waals surface area contributed by atoms with Crippen LogP contribution in [0.4, 0.5) is 5.82 Å². The largest absolute Gasteiger partial charge is 0.354 e. The van der Waals surface area contributed by atoms with Gasteiger partial charge in [0.1, 0.15) is 5.82 Å². The Hall–Kier alpha value is -1.88. The number of pyridine rings is 1. The molecule has 2 heterocycles. The molecular weight excluding hydrogens is 252 g/mol. The van der Waals surface area contributed by atoms with Gasteiger partial charge in [0.05, 0.1) is 6.04 Å². The number of hydrogen-bond donors (Lipinski definition) is 1. The molecule has 108 valence electrons. The quantitative estimate of drug-likeness (QED) is 0.810. The number of rotatable bonds is 5. The number of carbonyl (C=O) groups is 1. The Bertz CT molecular complexity index is 440. The number of hydrogen-bond acceptors (Lipinski definition) is 4. The van der Waals surface area contributed by atoms with Crippen LogP contribution in [0.5, 0.6) is 0 Å². The minimum absolute atomic E-state index is 0.0659. The van der Waals surface area contributed by atoms with Crippen molar-refractivity contribution in [1.29, 1.82) is 0 Å². The first kappa shape index (κ1) is 14.5. The zero-order valence-electron chi connectivity index (χ0n) is 12.0. The number of aromatic nitrogens is 1. The SMILES string of the molecule is C=CCNC(=O)[C@@H](C)N1CCN(c2ccccn2)CC1. The van der Waals surface area contributed by atoms with Gasteiger partial charge in [-0.25, -0.2) is 4.98 Å². The average molecular weight is 274 g/mol. The van der Waals surface area contributed by atoms with Gasteiger partial charge in [-0.3, -0.25) is 9.69 Å². The van der Waals surface area contributed by atoms with Crippen molar-refractivity contribution in [3.05, 3.63) is 37.1 Å². The number of amides is 1. The average Bonchev–Trinajstić information content (AvgIpc) is 2.53. The van der Waals surface area contributed by atoms with Crippen LogP contribution < -0.4 is 10.2 Å². The molecular formula is C15H22N4O. The summed E-state index contributed by atoms with van der Waals surface area (Å²) >= 11 is 0. The Morgan fingerprint density at radius 2 is 2.20 bits per heavy atom. The van der Waals surface area contributed by atoms with Crippen molar-refractivity contribution < 1.29 is 4.79 Å². The summed E-state index contributed by atoms with van der Waals surface area (Å²) in [4.78, 5) is 20.8. The van der Waals surface area contributed by atoms with Gasteiger partial charge < -0.3 is 10.2 Å². The van der Waals surface area contributed by atoms with Crippen LogP contribution in [0.25, 0.3) is 0 Å². The minimum atomic E-state index is -0.0965. The summed E-state index contributed by atoms with van der Waals surface area (Å²) in [5, 5.41) is 2.85. The Kier molecular flexibility index (Phi) is 5.12. The van der Waals surface area contributed by atoms with Crippen molar-refractivity contribution in [3.63, 3.8) is 0 Å². The highest BCUT2D eigenvalue weighted by molar-refractivity contribution is 5.81. The minimum Gasteiger partial charge on any atom is -0.354 e. The predicted molar refractivity (Wildman–Crippen MR) is 80.7 cm³/mol. The fourth-order valence-electron chi connectivity index (χ4n) is 2.37. The molecule has 20 heavy (non-hydrogen) atoms. The van der Waals surface area contributed by atoms with Crippen LogP contribution in [0, 0.1) is 0 Å². The van der Waals surface area contributed by atoms with E-state index in [4.69, 9.17) is 0 Å². The highest BCUT2D eigenvalue weighted by Crippen LogP contribution is 2.13. The third-order valence-electron chi connectivity index (χ3n) is 3.64. The summed E-state index contributed by atoms with van der Waals surface area (Å²) in [6.45, 7) is 9.63. The maximum absolute atomic E-state index is 11.9. The van der Waals surface area contributed by atoms with Crippen LogP contribution in [0.15, 0.2) is 37.1 Å². The zero-order chi connectivity index (χ0) is 14.4. The van der Waals surface area contributed by atoms with Crippen LogP contribution >= 0.6 is 0 Å². The van der Waals surface area contributed by atoms with Crippen molar-refractivity contribution in [3.8, 4) is 0 Å². The lowest BCUT2D eigenvalue weighted by atomic mass is 10.2. The Morgan fingerprint density at radius 3 is 2.80 bits per heavy atom. The van der Waals surface area contributed by atoms with Gasteiger partial charge in [0, 0.05) is 38.9 Å². The summed E-state index contributed by atoms with van der Waals surface area (Å²) in [6.07, 6.45) is 3.51. The van der Waals surface area contributed by atoms with E-state index in [1.165, 1.54) is 0 Å². The third kappa shape index (κ3) is 3.57. The molecule has 5 nitrogen and oxygen atoms in total. The highest BCUT2D eigenvalue weighted by atomic mass is 16.2. The first-order valence-electron chi connectivity index (χ1n) is 7.01. The van der Waals surface area contributed by atoms with Gasteiger partial charge in [-0.05, 0) is 19.1 Å². The maximum atomic E-state index is 11.9. The van der Waals surface area contributed by atoms with Crippen molar-refractivity contribution >= 4 is 11.7 Å². The van der Waals surface area contributed by atoms with E-state index in [1.807, 2.05) is 31.3 Å². The number of nitrogens with zero attached hydrogens (tertiary/aromatic N) is 3. The van der Waals surface area contributed by atoms with E-state index >= 15 is 0 Å². The van der Waals surface area contributed by atoms with E-state index in [1.54, 1.807) is 6.08 Å². The molecule has 0 saturated carbocycles. The van der Waals surface area contributed by atoms with Gasteiger partial charge in [-0.15, -0.1) is 6.58 Å². The smallest absolute Gasteiger partial charge is 0.237 e. The molecule has 0 aliphatic carbocycles. The van der Waals surface area contributed by atoms with Crippen LogP contribution in [-0.2, 0) is 4.79 Å². The van der Waals surface area contributed by atoms with Crippen molar-refractivity contribution in [2.24, 2.45) is 0 Å². The van der Waals surface area contributed by atoms with E-state index in [0.29, 0.717) is 6.54 Å². The van der Waals surface area contributed by atoms with E-state index in [-0.39, 0.29) is 11.9 Å². The van der Waals surface area contributed by atoms with E-state index in [9.17, 15) is 4.79 Å². The van der Waals surface area contributed by atoms with Crippen LogP contribution in [0.3, 0.4) is 0 Å². The van der Waals surface area contributed by atoms with Crippen LogP contribution in [0.2, 0.25) is 0 Å². The lowest BCUT2D eigenvalue weighted by molar-refractivity contribution is -0.125. The molecule has 1 atom stereocenters. The summed E-state index contributed by atoms with van der Waals surface area (Å²) in [6, 6.07) is 5.85. The molecule has 0 unspecified atom stereocenters. The molecule has 1 aliphatic heterocycles. The molecule has 0 bridgehead atoms. The van der Waals surface area contributed by atoms with Gasteiger partial charge in [0.25, 0.3) is 0 Å². The number of nitrogens with one attached hydrogen (secondary N) is 1. The highest BCUT2D eigenvalue weighted by Gasteiger charge is 2.25. The molecule has 1 amide bonds. The number of piperazine rings is 1. The van der Waals surface area contributed by atoms with Gasteiger partial charge in [-0.2, -0.15) is 0 Å². The molecule has 0 radical (unpaired) electrons. The maximum Gasteiger partial charge on any atom is 0.237 e. The Balaban J connectivity index is 1.84. The molecule has 0 spiro atoms. The van der Waals surface area contributed by atoms with E-state index in [0.717, 1.165) is 32.0 Å². The van der Waals surface area contributed by atoms with E-state index < -0.39 is 0 Å². The van der Waals surface area contributed by atoms with Crippen LogP contribution in [-0.4, -0.2) is 54.6 Å². The zero-order valence-corrected chi connectivity index (χ0v) is 12.0. The molecule has 1 saturated heterocycles. The molecule has 1 aromatic rings. The lowest BCUT2D eigenvalue weighted by Crippen LogP contribution is -2.54. The van der Waals surface area contributed by atoms with Crippen molar-refractivity contribution in [2.45, 2.75) is 13.0 Å². The summed E-state index contributed by atoms with van der Waals surface area (Å²) in [7, 11) is 0. The number of anilines is 1. The van der Waals surface area contributed by atoms with Gasteiger partial charge in [0.15, 0.2) is 0 Å². The molecule has 2 rings (SSSR count). The second-order valence-corrected chi connectivity index (χ2v) is 4.92. The van der Waals surface area contributed by atoms with Gasteiger partial charge >= 0.3 is 0 Å². The second kappa shape index (κ2) is 7.05. The molecule has 1 fully saturated rings. The molecule has 5 heteroatoms. The molecule has 1 aliphatic rings. The molecule has 1 aromatic heterocycles. The molecule has 1 N–H and O–H groups in total. The Morgan fingerprint density at radius 1 is 1.45 bits per heavy atom. The fourth-order valence-corrected chi connectivity index (χ4v) is 2.37. The van der Waals surface area contributed by atoms with Crippen molar-refractivity contribution in [2.75, 3.05) is 37.6 Å². The lowest BCUT2D eigenvalue weighted by Gasteiger charge is -2.37. The normalized spacial score (nSPS) is 17.6. The fraction of sp³-hybridized carbons (Fsp3) is 0.467. The standard InChI is InChI=1S/C15H22N4O/c1-3-7-17-15(20)13(2)18-9-11-19(12-10-18)14-6-4-5-8-16-14/h3-6,8,13H,1,7,9-12H2,2H3,(H,17,20)/t13-/m1/s1. The monoisotopic (exact) mass is 274 g/mol. The topological polar surface area (TPSA) is 48.5 Å². The van der Waals surface area contributed by atoms with Crippen molar-refractivity contribution in [1.82, 2.24) is 15.2 Å². The van der Waals surface area contributed by atoms with Gasteiger partial charge in [-0.1, -0.05) is 12.1 Å². The van der Waals surface area contributed by atoms with E-state index in [2.05, 4.69) is 26.7 Å². The third-order valence-corrected chi connectivity index (χ3v) is 3.64.